The number of unbranched alkanes of at least 4 members (excludes halogenated alkanes) is 1. The fraction of sp³-hybridized carbons (Fsp3) is 0.500. The van der Waals surface area contributed by atoms with Crippen molar-refractivity contribution in [3.05, 3.63) is 29.7 Å². The zero-order valence-electron chi connectivity index (χ0n) is 16.0. The summed E-state index contributed by atoms with van der Waals surface area (Å²) < 4.78 is 50.9. The maximum absolute atomic E-state index is 13.5. The highest BCUT2D eigenvalue weighted by Gasteiger charge is 2.36. The topological polar surface area (TPSA) is 121 Å². The van der Waals surface area contributed by atoms with E-state index in [1.165, 1.54) is 12.1 Å². The van der Waals surface area contributed by atoms with Crippen molar-refractivity contribution in [2.24, 2.45) is 5.73 Å². The Balaban J connectivity index is 0.00000320. The molecule has 0 unspecified atom stereocenters. The highest BCUT2D eigenvalue weighted by molar-refractivity contribution is 5.85. The maximum atomic E-state index is 13.5. The summed E-state index contributed by atoms with van der Waals surface area (Å²) in [5.41, 5.74) is 4.76. The molecule has 1 aliphatic rings. The van der Waals surface area contributed by atoms with Crippen molar-refractivity contribution < 1.29 is 27.5 Å². The van der Waals surface area contributed by atoms with E-state index >= 15 is 0 Å². The summed E-state index contributed by atoms with van der Waals surface area (Å²) in [6, 6.07) is 3.23. The van der Waals surface area contributed by atoms with Gasteiger partial charge in [-0.25, -0.2) is 0 Å². The van der Waals surface area contributed by atoms with Crippen molar-refractivity contribution in [2.45, 2.75) is 37.9 Å². The molecule has 1 aromatic heterocycles. The van der Waals surface area contributed by atoms with Crippen molar-refractivity contribution in [3.8, 4) is 17.1 Å². The second-order valence-corrected chi connectivity index (χ2v) is 6.68. The van der Waals surface area contributed by atoms with Crippen LogP contribution in [0.15, 0.2) is 22.7 Å². The van der Waals surface area contributed by atoms with Gasteiger partial charge in [-0.05, 0) is 43.9 Å². The minimum absolute atomic E-state index is 0. The summed E-state index contributed by atoms with van der Waals surface area (Å²) >= 11 is 0. The summed E-state index contributed by atoms with van der Waals surface area (Å²) in [6.45, 7) is 0.604. The zero-order chi connectivity index (χ0) is 21.0. The van der Waals surface area contributed by atoms with Crippen LogP contribution < -0.4 is 10.5 Å². The Morgan fingerprint density at radius 3 is 2.80 bits per heavy atom. The molecule has 0 radical (unpaired) electrons. The molecular formula is C18H23ClF3N5O3. The van der Waals surface area contributed by atoms with Gasteiger partial charge in [0.2, 0.25) is 11.7 Å². The predicted octanol–water partition coefficient (Wildman–Crippen LogP) is 3.36. The molecule has 12 heteroatoms. The first-order valence-corrected chi connectivity index (χ1v) is 9.21. The van der Waals surface area contributed by atoms with Gasteiger partial charge in [-0.3, -0.25) is 5.41 Å². The lowest BCUT2D eigenvalue weighted by molar-refractivity contribution is -0.138. The number of likely N-dealkylation sites (tertiary alicyclic amines) is 1. The molecule has 0 amide bonds. The molecule has 3 rings (SSSR count). The molecule has 0 aliphatic carbocycles. The number of nitrogens with two attached hydrogens (primary N) is 1. The second-order valence-electron chi connectivity index (χ2n) is 6.68. The molecule has 0 saturated carbocycles. The number of aromatic nitrogens is 2. The normalized spacial score (nSPS) is 16.4. The average Bonchev–Trinajstić information content (AvgIpc) is 3.33. The van der Waals surface area contributed by atoms with Crippen LogP contribution in [0, 0.1) is 5.41 Å². The standard InChI is InChI=1S/C18H22F3N5O3.ClH/c19-18(20,21)12-10-11(5-6-14(12)28-9-2-1-8-27)15-24-16(29-25-15)13-4-3-7-26(13)17(22)23;/h5-6,10,13,27H,1-4,7-9H2,(H3,22,23);1H/t13-;/m0./s1. The largest absolute Gasteiger partial charge is 0.493 e. The quantitative estimate of drug-likeness (QED) is 0.336. The monoisotopic (exact) mass is 449 g/mol. The van der Waals surface area contributed by atoms with Crippen LogP contribution in [0.2, 0.25) is 0 Å². The van der Waals surface area contributed by atoms with E-state index < -0.39 is 11.7 Å². The molecule has 1 atom stereocenters. The lowest BCUT2D eigenvalue weighted by Gasteiger charge is -2.21. The van der Waals surface area contributed by atoms with E-state index in [0.29, 0.717) is 25.8 Å². The number of benzene rings is 1. The predicted molar refractivity (Wildman–Crippen MR) is 104 cm³/mol. The summed E-state index contributed by atoms with van der Waals surface area (Å²) in [4.78, 5) is 5.84. The van der Waals surface area contributed by atoms with Gasteiger partial charge >= 0.3 is 6.18 Å². The summed E-state index contributed by atoms with van der Waals surface area (Å²) in [6.07, 6.45) is -2.27. The van der Waals surface area contributed by atoms with Gasteiger partial charge < -0.3 is 25.0 Å². The Morgan fingerprint density at radius 2 is 2.13 bits per heavy atom. The molecule has 166 valence electrons. The first-order chi connectivity index (χ1) is 13.8. The number of hydrogen-bond donors (Lipinski definition) is 3. The molecule has 1 fully saturated rings. The van der Waals surface area contributed by atoms with Crippen molar-refractivity contribution in [1.82, 2.24) is 15.0 Å². The average molecular weight is 450 g/mol. The van der Waals surface area contributed by atoms with Crippen LogP contribution in [0.1, 0.15) is 43.2 Å². The van der Waals surface area contributed by atoms with E-state index in [2.05, 4.69) is 10.1 Å². The van der Waals surface area contributed by atoms with Gasteiger partial charge in [0.15, 0.2) is 5.96 Å². The highest BCUT2D eigenvalue weighted by Crippen LogP contribution is 2.39. The molecule has 2 aromatic rings. The van der Waals surface area contributed by atoms with E-state index in [9.17, 15) is 13.2 Å². The van der Waals surface area contributed by atoms with Gasteiger partial charge in [0, 0.05) is 18.7 Å². The molecule has 8 nitrogen and oxygen atoms in total. The smallest absolute Gasteiger partial charge is 0.419 e. The Bertz CT molecular complexity index is 862. The molecule has 0 bridgehead atoms. The minimum Gasteiger partial charge on any atom is -0.493 e. The Morgan fingerprint density at radius 1 is 1.37 bits per heavy atom. The molecule has 1 aromatic carbocycles. The van der Waals surface area contributed by atoms with Gasteiger partial charge in [-0.1, -0.05) is 5.16 Å². The number of aliphatic hydroxyl groups excluding tert-OH is 1. The van der Waals surface area contributed by atoms with Crippen LogP contribution in [0.4, 0.5) is 13.2 Å². The van der Waals surface area contributed by atoms with Crippen molar-refractivity contribution in [1.29, 1.82) is 5.41 Å². The number of halogens is 4. The molecule has 30 heavy (non-hydrogen) atoms. The van der Waals surface area contributed by atoms with Crippen LogP contribution in [0.3, 0.4) is 0 Å². The van der Waals surface area contributed by atoms with Crippen LogP contribution in [0.25, 0.3) is 11.4 Å². The third-order valence-electron chi connectivity index (χ3n) is 4.64. The Hall–Kier alpha value is -2.53. The van der Waals surface area contributed by atoms with E-state index in [1.54, 1.807) is 4.90 Å². The number of hydrogen-bond acceptors (Lipinski definition) is 6. The Kier molecular flexibility index (Phi) is 7.90. The van der Waals surface area contributed by atoms with E-state index in [-0.39, 0.29) is 60.7 Å². The number of aliphatic hydroxyl groups is 1. The van der Waals surface area contributed by atoms with Gasteiger partial charge in [0.05, 0.1) is 12.2 Å². The number of rotatable bonds is 7. The zero-order valence-corrected chi connectivity index (χ0v) is 16.8. The number of ether oxygens (including phenoxy) is 1. The van der Waals surface area contributed by atoms with Gasteiger partial charge in [0.1, 0.15) is 11.8 Å². The molecule has 0 spiro atoms. The SMILES string of the molecule is Cl.N=C(N)N1CCC[C@H]1c1nc(-c2ccc(OCCCCO)c(C(F)(F)F)c2)no1. The van der Waals surface area contributed by atoms with E-state index in [1.807, 2.05) is 0 Å². The lowest BCUT2D eigenvalue weighted by atomic mass is 10.1. The number of alkyl halides is 3. The van der Waals surface area contributed by atoms with Crippen LogP contribution >= 0.6 is 12.4 Å². The maximum Gasteiger partial charge on any atom is 0.419 e. The first kappa shape index (κ1) is 23.7. The summed E-state index contributed by atoms with van der Waals surface area (Å²) in [7, 11) is 0. The van der Waals surface area contributed by atoms with Crippen LogP contribution in [-0.4, -0.2) is 45.9 Å². The third-order valence-corrected chi connectivity index (χ3v) is 4.64. The van der Waals surface area contributed by atoms with E-state index in [4.69, 9.17) is 25.5 Å². The summed E-state index contributed by atoms with van der Waals surface area (Å²) in [5.74, 6) is -0.172. The minimum atomic E-state index is -4.62. The second kappa shape index (κ2) is 9.98. The highest BCUT2D eigenvalue weighted by atomic mass is 35.5. The molecule has 2 heterocycles. The fourth-order valence-electron chi connectivity index (χ4n) is 3.21. The first-order valence-electron chi connectivity index (χ1n) is 9.21. The molecule has 1 aliphatic heterocycles. The van der Waals surface area contributed by atoms with Gasteiger partial charge in [-0.2, -0.15) is 18.2 Å². The lowest BCUT2D eigenvalue weighted by Crippen LogP contribution is -2.35. The number of nitrogens with one attached hydrogen (secondary N) is 1. The third kappa shape index (κ3) is 5.33. The van der Waals surface area contributed by atoms with Crippen LogP contribution in [-0.2, 0) is 6.18 Å². The van der Waals surface area contributed by atoms with E-state index in [0.717, 1.165) is 12.5 Å². The van der Waals surface area contributed by atoms with Gasteiger partial charge in [-0.15, -0.1) is 12.4 Å². The molecule has 1 saturated heterocycles. The van der Waals surface area contributed by atoms with Crippen LogP contribution in [0.5, 0.6) is 5.75 Å². The van der Waals surface area contributed by atoms with Gasteiger partial charge in [0.25, 0.3) is 0 Å². The van der Waals surface area contributed by atoms with Crippen molar-refractivity contribution >= 4 is 18.4 Å². The molecule has 4 N–H and O–H groups in total. The summed E-state index contributed by atoms with van der Waals surface area (Å²) in [5, 5.41) is 20.2. The fourth-order valence-corrected chi connectivity index (χ4v) is 3.21. The van der Waals surface area contributed by atoms with Crippen molar-refractivity contribution in [3.63, 3.8) is 0 Å². The Labute approximate surface area is 177 Å². The molecular weight excluding hydrogens is 427 g/mol. The number of nitrogens with zero attached hydrogens (tertiary/aromatic N) is 3. The number of guanidine groups is 1. The van der Waals surface area contributed by atoms with Crippen molar-refractivity contribution in [2.75, 3.05) is 19.8 Å².